The van der Waals surface area contributed by atoms with Crippen molar-refractivity contribution in [2.45, 2.75) is 25.6 Å². The van der Waals surface area contributed by atoms with E-state index in [0.717, 1.165) is 5.56 Å². The average molecular weight is 236 g/mol. The van der Waals surface area contributed by atoms with Gasteiger partial charge < -0.3 is 15.3 Å². The van der Waals surface area contributed by atoms with Crippen LogP contribution < -0.4 is 0 Å². The number of aliphatic hydroxyl groups excluding tert-OH is 3. The van der Waals surface area contributed by atoms with Crippen LogP contribution in [0, 0.1) is 5.92 Å². The quantitative estimate of drug-likeness (QED) is 0.700. The summed E-state index contributed by atoms with van der Waals surface area (Å²) >= 11 is 0. The van der Waals surface area contributed by atoms with Crippen molar-refractivity contribution in [3.63, 3.8) is 0 Å². The molecule has 0 saturated heterocycles. The fourth-order valence-corrected chi connectivity index (χ4v) is 1.52. The highest BCUT2D eigenvalue weighted by Gasteiger charge is 2.15. The summed E-state index contributed by atoms with van der Waals surface area (Å²) in [7, 11) is 0. The summed E-state index contributed by atoms with van der Waals surface area (Å²) < 4.78 is 0. The molecule has 0 spiro atoms. The summed E-state index contributed by atoms with van der Waals surface area (Å²) in [4.78, 5) is 0. The van der Waals surface area contributed by atoms with Crippen LogP contribution in [-0.4, -0.2) is 34.1 Å². The molecule has 3 nitrogen and oxygen atoms in total. The van der Waals surface area contributed by atoms with E-state index < -0.39 is 12.2 Å². The van der Waals surface area contributed by atoms with E-state index in [0.29, 0.717) is 0 Å². The Balaban J connectivity index is 2.48. The molecule has 1 aromatic rings. The van der Waals surface area contributed by atoms with Crippen molar-refractivity contribution in [2.24, 2.45) is 5.92 Å². The highest BCUT2D eigenvalue weighted by atomic mass is 16.3. The number of hydrogen-bond acceptors (Lipinski definition) is 3. The second kappa shape index (κ2) is 7.22. The maximum absolute atomic E-state index is 9.77. The lowest BCUT2D eigenvalue weighted by Crippen LogP contribution is -2.25. The number of hydrogen-bond donors (Lipinski definition) is 3. The van der Waals surface area contributed by atoms with Crippen molar-refractivity contribution in [3.05, 3.63) is 42.0 Å². The summed E-state index contributed by atoms with van der Waals surface area (Å²) in [5.41, 5.74) is 1.08. The predicted octanol–water partition coefficient (Wildman–Crippen LogP) is 1.44. The molecular formula is C14H20O3. The van der Waals surface area contributed by atoms with E-state index in [2.05, 4.69) is 0 Å². The van der Waals surface area contributed by atoms with Crippen LogP contribution in [0.3, 0.4) is 0 Å². The molecule has 0 aliphatic heterocycles. The molecule has 0 unspecified atom stereocenters. The molecule has 17 heavy (non-hydrogen) atoms. The second-order valence-electron chi connectivity index (χ2n) is 4.27. The molecule has 1 aromatic carbocycles. The Morgan fingerprint density at radius 3 is 2.41 bits per heavy atom. The molecule has 94 valence electrons. The summed E-state index contributed by atoms with van der Waals surface area (Å²) in [5, 5.41) is 27.7. The molecule has 0 amide bonds. The molecule has 0 fully saturated rings. The third-order valence-electron chi connectivity index (χ3n) is 2.72. The van der Waals surface area contributed by atoms with E-state index in [1.54, 1.807) is 0 Å². The summed E-state index contributed by atoms with van der Waals surface area (Å²) in [6, 6.07) is 9.83. The predicted molar refractivity (Wildman–Crippen MR) is 68.4 cm³/mol. The fourth-order valence-electron chi connectivity index (χ4n) is 1.52. The maximum atomic E-state index is 9.77. The molecule has 0 radical (unpaired) electrons. The molecule has 3 atom stereocenters. The lowest BCUT2D eigenvalue weighted by atomic mass is 9.98. The molecule has 0 aliphatic rings. The van der Waals surface area contributed by atoms with Crippen LogP contribution in [0.2, 0.25) is 0 Å². The molecule has 1 rings (SSSR count). The normalized spacial score (nSPS) is 16.9. The van der Waals surface area contributed by atoms with Crippen molar-refractivity contribution < 1.29 is 15.3 Å². The first-order valence-electron chi connectivity index (χ1n) is 5.83. The summed E-state index contributed by atoms with van der Waals surface area (Å²) in [6.45, 7) is 1.57. The maximum Gasteiger partial charge on any atom is 0.0795 e. The molecule has 0 heterocycles. The van der Waals surface area contributed by atoms with Gasteiger partial charge in [0.25, 0.3) is 0 Å². The van der Waals surface area contributed by atoms with Gasteiger partial charge in [-0.2, -0.15) is 0 Å². The zero-order valence-electron chi connectivity index (χ0n) is 10.0. The van der Waals surface area contributed by atoms with E-state index in [1.807, 2.05) is 49.4 Å². The zero-order chi connectivity index (χ0) is 12.7. The van der Waals surface area contributed by atoms with E-state index in [9.17, 15) is 10.2 Å². The molecule has 0 saturated carbocycles. The van der Waals surface area contributed by atoms with Gasteiger partial charge >= 0.3 is 0 Å². The van der Waals surface area contributed by atoms with E-state index in [-0.39, 0.29) is 18.9 Å². The Hall–Kier alpha value is -1.16. The lowest BCUT2D eigenvalue weighted by molar-refractivity contribution is 0.0293. The number of rotatable bonds is 6. The van der Waals surface area contributed by atoms with Gasteiger partial charge in [0.15, 0.2) is 0 Å². The summed E-state index contributed by atoms with van der Waals surface area (Å²) in [5.74, 6) is -0.0589. The van der Waals surface area contributed by atoms with Gasteiger partial charge in [-0.05, 0) is 5.56 Å². The minimum Gasteiger partial charge on any atom is -0.394 e. The van der Waals surface area contributed by atoms with Gasteiger partial charge in [-0.25, -0.2) is 0 Å². The first-order chi connectivity index (χ1) is 8.13. The molecule has 0 aromatic heterocycles. The van der Waals surface area contributed by atoms with E-state index in [1.165, 1.54) is 0 Å². The summed E-state index contributed by atoms with van der Waals surface area (Å²) in [6.07, 6.45) is 2.55. The van der Waals surface area contributed by atoms with Crippen LogP contribution >= 0.6 is 0 Å². The van der Waals surface area contributed by atoms with Gasteiger partial charge in [-0.15, -0.1) is 0 Å². The minimum absolute atomic E-state index is 0.0589. The highest BCUT2D eigenvalue weighted by Crippen LogP contribution is 2.13. The minimum atomic E-state index is -0.849. The van der Waals surface area contributed by atoms with Gasteiger partial charge in [0, 0.05) is 12.3 Å². The van der Waals surface area contributed by atoms with Crippen LogP contribution in [0.4, 0.5) is 0 Å². The monoisotopic (exact) mass is 236 g/mol. The Morgan fingerprint density at radius 2 is 1.82 bits per heavy atom. The van der Waals surface area contributed by atoms with Crippen LogP contribution in [0.5, 0.6) is 0 Å². The third-order valence-corrected chi connectivity index (χ3v) is 2.72. The van der Waals surface area contributed by atoms with Crippen molar-refractivity contribution in [3.8, 4) is 0 Å². The molecule has 0 bridgehead atoms. The zero-order valence-corrected chi connectivity index (χ0v) is 10.0. The van der Waals surface area contributed by atoms with Crippen LogP contribution in [0.1, 0.15) is 18.9 Å². The number of benzene rings is 1. The molecule has 3 heteroatoms. The standard InChI is InChI=1S/C14H20O3/c1-11(14(17)9-13(16)10-15)7-8-12-5-3-2-4-6-12/h2-8,11,13-17H,9-10H2,1H3/b8-7+/t11-,13+,14+/m1/s1. The van der Waals surface area contributed by atoms with Gasteiger partial charge in [0.05, 0.1) is 18.8 Å². The Kier molecular flexibility index (Phi) is 5.91. The Morgan fingerprint density at radius 1 is 1.18 bits per heavy atom. The van der Waals surface area contributed by atoms with Gasteiger partial charge in [0.2, 0.25) is 0 Å². The average Bonchev–Trinajstić information content (AvgIpc) is 2.36. The topological polar surface area (TPSA) is 60.7 Å². The SMILES string of the molecule is C[C@H](/C=C/c1ccccc1)[C@@H](O)C[C@H](O)CO. The lowest BCUT2D eigenvalue weighted by Gasteiger charge is -2.17. The van der Waals surface area contributed by atoms with Crippen molar-refractivity contribution in [1.82, 2.24) is 0 Å². The number of aliphatic hydroxyl groups is 3. The highest BCUT2D eigenvalue weighted by molar-refractivity contribution is 5.48. The Bertz CT molecular complexity index is 335. The van der Waals surface area contributed by atoms with Crippen LogP contribution in [0.25, 0.3) is 6.08 Å². The third kappa shape index (κ3) is 5.13. The Labute approximate surface area is 102 Å². The van der Waals surface area contributed by atoms with E-state index in [4.69, 9.17) is 5.11 Å². The van der Waals surface area contributed by atoms with Crippen LogP contribution in [0.15, 0.2) is 36.4 Å². The first-order valence-corrected chi connectivity index (χ1v) is 5.83. The molecular weight excluding hydrogens is 216 g/mol. The van der Waals surface area contributed by atoms with Crippen LogP contribution in [-0.2, 0) is 0 Å². The fraction of sp³-hybridized carbons (Fsp3) is 0.429. The van der Waals surface area contributed by atoms with Gasteiger partial charge in [-0.3, -0.25) is 0 Å². The van der Waals surface area contributed by atoms with E-state index >= 15 is 0 Å². The van der Waals surface area contributed by atoms with Gasteiger partial charge in [0.1, 0.15) is 0 Å². The first kappa shape index (κ1) is 13.9. The smallest absolute Gasteiger partial charge is 0.0795 e. The van der Waals surface area contributed by atoms with Crippen molar-refractivity contribution in [2.75, 3.05) is 6.61 Å². The largest absolute Gasteiger partial charge is 0.394 e. The van der Waals surface area contributed by atoms with Crippen molar-refractivity contribution in [1.29, 1.82) is 0 Å². The molecule has 0 aliphatic carbocycles. The second-order valence-corrected chi connectivity index (χ2v) is 4.27. The van der Waals surface area contributed by atoms with Crippen molar-refractivity contribution >= 4 is 6.08 Å². The molecule has 3 N–H and O–H groups in total. The van der Waals surface area contributed by atoms with Gasteiger partial charge in [-0.1, -0.05) is 49.4 Å².